The third-order valence-electron chi connectivity index (χ3n) is 1.48. The lowest BCUT2D eigenvalue weighted by Crippen LogP contribution is -2.02. The van der Waals surface area contributed by atoms with E-state index in [-0.39, 0.29) is 0 Å². The summed E-state index contributed by atoms with van der Waals surface area (Å²) in [7, 11) is 0. The van der Waals surface area contributed by atoms with Gasteiger partial charge in [0.25, 0.3) is 6.43 Å². The van der Waals surface area contributed by atoms with E-state index in [4.69, 9.17) is 15.3 Å². The minimum Gasteiger partial charge on any atom is -0.505 e. The third kappa shape index (κ3) is 1.56. The summed E-state index contributed by atoms with van der Waals surface area (Å²) in [5.74, 6) is -3.78. The van der Waals surface area contributed by atoms with E-state index in [0.717, 1.165) is 0 Å². The summed E-state index contributed by atoms with van der Waals surface area (Å²) in [5.41, 5.74) is -2.05. The van der Waals surface area contributed by atoms with Gasteiger partial charge in [-0.3, -0.25) is 0 Å². The lowest BCUT2D eigenvalue weighted by atomic mass is 10.2. The van der Waals surface area contributed by atoms with Crippen molar-refractivity contribution in [1.29, 1.82) is 0 Å². The van der Waals surface area contributed by atoms with Gasteiger partial charge in [-0.25, -0.2) is 18.6 Å². The molecule has 0 aliphatic heterocycles. The predicted octanol–water partition coefficient (Wildman–Crippen LogP) is 1.13. The van der Waals surface area contributed by atoms with Gasteiger partial charge < -0.3 is 15.3 Å². The number of carboxylic acid groups (broad SMARTS) is 1. The van der Waals surface area contributed by atoms with Gasteiger partial charge in [0.2, 0.25) is 0 Å². The van der Waals surface area contributed by atoms with Crippen molar-refractivity contribution in [3.63, 3.8) is 0 Å². The van der Waals surface area contributed by atoms with E-state index < -0.39 is 35.2 Å². The summed E-state index contributed by atoms with van der Waals surface area (Å²) >= 11 is 0. The topological polar surface area (TPSA) is 90.7 Å². The summed E-state index contributed by atoms with van der Waals surface area (Å²) in [5, 5.41) is 26.4. The van der Waals surface area contributed by atoms with Crippen molar-refractivity contribution >= 4 is 5.97 Å². The second-order valence-electron chi connectivity index (χ2n) is 2.36. The van der Waals surface area contributed by atoms with Crippen molar-refractivity contribution in [3.05, 3.63) is 17.5 Å². The van der Waals surface area contributed by atoms with Crippen LogP contribution in [0.4, 0.5) is 8.78 Å². The first kappa shape index (κ1) is 10.2. The van der Waals surface area contributed by atoms with Crippen LogP contribution in [0.2, 0.25) is 0 Å². The van der Waals surface area contributed by atoms with Gasteiger partial charge in [-0.1, -0.05) is 0 Å². The number of carbonyl (C=O) groups is 1. The molecule has 0 spiro atoms. The van der Waals surface area contributed by atoms with Gasteiger partial charge in [-0.05, 0) is 0 Å². The maximum atomic E-state index is 12.1. The fourth-order valence-electron chi connectivity index (χ4n) is 0.876. The summed E-state index contributed by atoms with van der Waals surface area (Å²) in [6.45, 7) is 0. The molecule has 7 heteroatoms. The van der Waals surface area contributed by atoms with Crippen molar-refractivity contribution in [2.24, 2.45) is 0 Å². The van der Waals surface area contributed by atoms with Crippen LogP contribution in [-0.4, -0.2) is 26.3 Å². The van der Waals surface area contributed by atoms with Gasteiger partial charge in [0.1, 0.15) is 11.3 Å². The van der Waals surface area contributed by atoms with Crippen LogP contribution in [0.5, 0.6) is 11.5 Å². The van der Waals surface area contributed by atoms with Crippen LogP contribution in [0.1, 0.15) is 22.5 Å². The SMILES string of the molecule is O=C(O)c1c(O)cnc(C(F)F)c1O. The molecule has 0 bridgehead atoms. The lowest BCUT2D eigenvalue weighted by Gasteiger charge is -2.06. The average molecular weight is 205 g/mol. The first-order valence-corrected chi connectivity index (χ1v) is 3.37. The molecule has 0 aliphatic carbocycles. The average Bonchev–Trinajstić information content (AvgIpc) is 2.02. The smallest absolute Gasteiger partial charge is 0.343 e. The number of aromatic hydroxyl groups is 2. The van der Waals surface area contributed by atoms with E-state index in [2.05, 4.69) is 4.98 Å². The minimum atomic E-state index is -3.10. The zero-order chi connectivity index (χ0) is 10.9. The van der Waals surface area contributed by atoms with E-state index in [1.165, 1.54) is 0 Å². The molecule has 0 atom stereocenters. The van der Waals surface area contributed by atoms with Crippen LogP contribution < -0.4 is 0 Å². The summed E-state index contributed by atoms with van der Waals surface area (Å²) in [6.07, 6.45) is -2.56. The normalized spacial score (nSPS) is 10.5. The Balaban J connectivity index is 3.41. The second kappa shape index (κ2) is 3.44. The van der Waals surface area contributed by atoms with Gasteiger partial charge in [-0.15, -0.1) is 0 Å². The second-order valence-corrected chi connectivity index (χ2v) is 2.36. The Kier molecular flexibility index (Phi) is 2.50. The van der Waals surface area contributed by atoms with Crippen LogP contribution in [0, 0.1) is 0 Å². The fourth-order valence-corrected chi connectivity index (χ4v) is 0.876. The highest BCUT2D eigenvalue weighted by atomic mass is 19.3. The molecule has 1 rings (SSSR count). The van der Waals surface area contributed by atoms with Crippen LogP contribution >= 0.6 is 0 Å². The van der Waals surface area contributed by atoms with Crippen LogP contribution in [0.3, 0.4) is 0 Å². The number of aromatic carboxylic acids is 1. The Morgan fingerprint density at radius 1 is 1.43 bits per heavy atom. The van der Waals surface area contributed by atoms with Gasteiger partial charge in [0.05, 0.1) is 6.20 Å². The van der Waals surface area contributed by atoms with E-state index in [0.29, 0.717) is 6.20 Å². The highest BCUT2D eigenvalue weighted by Crippen LogP contribution is 2.33. The molecule has 0 fully saturated rings. The van der Waals surface area contributed by atoms with E-state index in [1.54, 1.807) is 0 Å². The monoisotopic (exact) mass is 205 g/mol. The van der Waals surface area contributed by atoms with E-state index >= 15 is 0 Å². The fraction of sp³-hybridized carbons (Fsp3) is 0.143. The first-order valence-electron chi connectivity index (χ1n) is 3.37. The number of rotatable bonds is 2. The van der Waals surface area contributed by atoms with Crippen LogP contribution in [-0.2, 0) is 0 Å². The zero-order valence-electron chi connectivity index (χ0n) is 6.61. The quantitative estimate of drug-likeness (QED) is 0.673. The standard InChI is InChI=1S/C7H5F2NO4/c8-6(9)4-5(12)3(7(13)14)2(11)1-10-4/h1,6,11-12H,(H,13,14). The molecule has 3 N–H and O–H groups in total. The highest BCUT2D eigenvalue weighted by Gasteiger charge is 2.24. The number of nitrogens with zero attached hydrogens (tertiary/aromatic N) is 1. The Morgan fingerprint density at radius 3 is 2.43 bits per heavy atom. The van der Waals surface area contributed by atoms with Gasteiger partial charge in [-0.2, -0.15) is 0 Å². The predicted molar refractivity (Wildman–Crippen MR) is 39.5 cm³/mol. The Hall–Kier alpha value is -1.92. The van der Waals surface area contributed by atoms with E-state index in [1.807, 2.05) is 0 Å². The van der Waals surface area contributed by atoms with Gasteiger partial charge in [0, 0.05) is 0 Å². The molecule has 0 saturated heterocycles. The molecule has 5 nitrogen and oxygen atoms in total. The lowest BCUT2D eigenvalue weighted by molar-refractivity contribution is 0.0688. The van der Waals surface area contributed by atoms with Crippen molar-refractivity contribution in [2.45, 2.75) is 6.43 Å². The molecule has 1 aromatic rings. The zero-order valence-corrected chi connectivity index (χ0v) is 6.61. The van der Waals surface area contributed by atoms with Gasteiger partial charge in [0.15, 0.2) is 11.5 Å². The first-order chi connectivity index (χ1) is 6.45. The summed E-state index contributed by atoms with van der Waals surface area (Å²) < 4.78 is 24.2. The number of hydrogen-bond acceptors (Lipinski definition) is 4. The maximum Gasteiger partial charge on any atom is 0.343 e. The Bertz CT molecular complexity index is 380. The van der Waals surface area contributed by atoms with Crippen molar-refractivity contribution in [1.82, 2.24) is 4.98 Å². The van der Waals surface area contributed by atoms with Crippen LogP contribution in [0.15, 0.2) is 6.20 Å². The number of halogens is 2. The number of hydrogen-bond donors (Lipinski definition) is 3. The Morgan fingerprint density at radius 2 is 2.00 bits per heavy atom. The van der Waals surface area contributed by atoms with Crippen LogP contribution in [0.25, 0.3) is 0 Å². The molecule has 0 radical (unpaired) electrons. The molecule has 14 heavy (non-hydrogen) atoms. The number of aromatic nitrogens is 1. The highest BCUT2D eigenvalue weighted by molar-refractivity contribution is 5.94. The molecule has 0 unspecified atom stereocenters. The molecule has 0 saturated carbocycles. The van der Waals surface area contributed by atoms with Crippen molar-refractivity contribution in [3.8, 4) is 11.5 Å². The number of pyridine rings is 1. The molecular weight excluding hydrogens is 200 g/mol. The van der Waals surface area contributed by atoms with Crippen molar-refractivity contribution < 1.29 is 28.9 Å². The largest absolute Gasteiger partial charge is 0.505 e. The minimum absolute atomic E-state index is 0.546. The molecule has 0 aromatic carbocycles. The molecule has 1 heterocycles. The maximum absolute atomic E-state index is 12.1. The number of alkyl halides is 2. The third-order valence-corrected chi connectivity index (χ3v) is 1.48. The molecule has 0 aliphatic rings. The molecule has 0 amide bonds. The summed E-state index contributed by atoms with van der Waals surface area (Å²) in [6, 6.07) is 0. The molecule has 76 valence electrons. The summed E-state index contributed by atoms with van der Waals surface area (Å²) in [4.78, 5) is 13.4. The molecular formula is C7H5F2NO4. The Labute approximate surface area is 76.3 Å². The molecule has 1 aromatic heterocycles. The van der Waals surface area contributed by atoms with Crippen molar-refractivity contribution in [2.75, 3.05) is 0 Å². The number of carboxylic acids is 1. The van der Waals surface area contributed by atoms with E-state index in [9.17, 15) is 13.6 Å². The van der Waals surface area contributed by atoms with Gasteiger partial charge >= 0.3 is 5.97 Å².